The normalized spacial score (nSPS) is 13.5. The first-order valence-electron chi connectivity index (χ1n) is 10.7. The van der Waals surface area contributed by atoms with Crippen LogP contribution in [0.4, 0.5) is 11.4 Å². The van der Waals surface area contributed by atoms with Gasteiger partial charge in [0.05, 0.1) is 11.3 Å². The molecule has 1 N–H and O–H groups in total. The molecule has 4 rings (SSSR count). The fourth-order valence-electron chi connectivity index (χ4n) is 3.88. The van der Waals surface area contributed by atoms with Crippen molar-refractivity contribution < 1.29 is 19.1 Å². The third-order valence-electron chi connectivity index (χ3n) is 5.42. The van der Waals surface area contributed by atoms with Crippen LogP contribution in [0.25, 0.3) is 0 Å². The molecule has 172 valence electrons. The van der Waals surface area contributed by atoms with Gasteiger partial charge in [0.1, 0.15) is 16.5 Å². The smallest absolute Gasteiger partial charge is 0.343 e. The van der Waals surface area contributed by atoms with Gasteiger partial charge in [-0.15, -0.1) is 0 Å². The van der Waals surface area contributed by atoms with Crippen molar-refractivity contribution in [3.8, 4) is 5.75 Å². The molecule has 34 heavy (non-hydrogen) atoms. The summed E-state index contributed by atoms with van der Waals surface area (Å²) in [5.74, 6) is -1.15. The lowest BCUT2D eigenvalue weighted by molar-refractivity contribution is -0.120. The zero-order chi connectivity index (χ0) is 24.6. The Kier molecular flexibility index (Phi) is 6.26. The number of aryl methyl sites for hydroxylation is 4. The average Bonchev–Trinajstić information content (AvgIpc) is 2.97. The van der Waals surface area contributed by atoms with Crippen molar-refractivity contribution in [2.24, 2.45) is 0 Å². The van der Waals surface area contributed by atoms with Crippen molar-refractivity contribution in [2.45, 2.75) is 27.7 Å². The highest BCUT2D eigenvalue weighted by Gasteiger charge is 2.39. The Labute approximate surface area is 202 Å². The fourth-order valence-corrected chi connectivity index (χ4v) is 4.09. The molecule has 2 amide bonds. The third-order valence-corrected chi connectivity index (χ3v) is 5.77. The van der Waals surface area contributed by atoms with Crippen LogP contribution in [0.2, 0.25) is 0 Å². The van der Waals surface area contributed by atoms with Gasteiger partial charge in [0.25, 0.3) is 11.8 Å². The molecular formula is C27H23ClN2O4. The summed E-state index contributed by atoms with van der Waals surface area (Å²) in [7, 11) is 0. The van der Waals surface area contributed by atoms with Crippen LogP contribution in [0.1, 0.15) is 32.6 Å². The van der Waals surface area contributed by atoms with E-state index in [0.29, 0.717) is 22.7 Å². The van der Waals surface area contributed by atoms with Gasteiger partial charge in [0, 0.05) is 5.69 Å². The maximum atomic E-state index is 13.0. The largest absolute Gasteiger partial charge is 0.423 e. The van der Waals surface area contributed by atoms with Gasteiger partial charge in [0.15, 0.2) is 0 Å². The standard InChI is InChI=1S/C27H23ClN2O4/c1-15-5-10-22(18(4)12-15)30-25(31)23(28)24(26(30)32)29-20-8-6-19(7-9-20)27(33)34-21-13-16(2)11-17(3)14-21/h5-14,29H,1-4H3. The second-order valence-electron chi connectivity index (χ2n) is 8.34. The molecule has 0 saturated heterocycles. The molecule has 0 aromatic heterocycles. The Morgan fingerprint density at radius 3 is 2.09 bits per heavy atom. The summed E-state index contributed by atoms with van der Waals surface area (Å²) >= 11 is 6.23. The van der Waals surface area contributed by atoms with E-state index in [1.165, 1.54) is 0 Å². The van der Waals surface area contributed by atoms with Crippen molar-refractivity contribution >= 4 is 40.8 Å². The minimum atomic E-state index is -0.588. The zero-order valence-electron chi connectivity index (χ0n) is 19.2. The predicted molar refractivity (Wildman–Crippen MR) is 132 cm³/mol. The van der Waals surface area contributed by atoms with Crippen LogP contribution in [-0.4, -0.2) is 17.8 Å². The Balaban J connectivity index is 1.50. The predicted octanol–water partition coefficient (Wildman–Crippen LogP) is 5.58. The van der Waals surface area contributed by atoms with E-state index in [1.807, 2.05) is 45.9 Å². The number of ether oxygens (including phenoxy) is 1. The third kappa shape index (κ3) is 4.58. The molecule has 0 fully saturated rings. The van der Waals surface area contributed by atoms with E-state index >= 15 is 0 Å². The molecule has 0 saturated carbocycles. The molecular weight excluding hydrogens is 452 g/mol. The molecule has 3 aromatic rings. The molecule has 0 radical (unpaired) electrons. The second kappa shape index (κ2) is 9.15. The number of halogens is 1. The lowest BCUT2D eigenvalue weighted by Gasteiger charge is -2.18. The summed E-state index contributed by atoms with van der Waals surface area (Å²) in [6, 6.07) is 17.4. The van der Waals surface area contributed by atoms with E-state index in [2.05, 4.69) is 5.32 Å². The maximum Gasteiger partial charge on any atom is 0.343 e. The summed E-state index contributed by atoms with van der Waals surface area (Å²) in [5.41, 5.74) is 5.12. The number of nitrogens with one attached hydrogen (secondary N) is 1. The van der Waals surface area contributed by atoms with E-state index in [1.54, 1.807) is 42.5 Å². The number of benzene rings is 3. The molecule has 0 atom stereocenters. The van der Waals surface area contributed by atoms with E-state index in [9.17, 15) is 14.4 Å². The Morgan fingerprint density at radius 1 is 0.824 bits per heavy atom. The molecule has 1 heterocycles. The van der Waals surface area contributed by atoms with E-state index in [-0.39, 0.29) is 10.7 Å². The van der Waals surface area contributed by atoms with E-state index in [4.69, 9.17) is 16.3 Å². The number of hydrogen-bond donors (Lipinski definition) is 1. The first-order valence-corrected chi connectivity index (χ1v) is 11.0. The maximum absolute atomic E-state index is 13.0. The topological polar surface area (TPSA) is 75.7 Å². The highest BCUT2D eigenvalue weighted by Crippen LogP contribution is 2.32. The zero-order valence-corrected chi connectivity index (χ0v) is 20.0. The average molecular weight is 475 g/mol. The molecule has 1 aliphatic rings. The number of esters is 1. The Bertz CT molecular complexity index is 1340. The van der Waals surface area contributed by atoms with Gasteiger partial charge in [-0.05, 0) is 86.8 Å². The van der Waals surface area contributed by atoms with Crippen molar-refractivity contribution in [3.05, 3.63) is 99.2 Å². The quantitative estimate of drug-likeness (QED) is 0.297. The number of rotatable bonds is 5. The van der Waals surface area contributed by atoms with Crippen molar-refractivity contribution in [1.82, 2.24) is 0 Å². The number of carbonyl (C=O) groups is 3. The van der Waals surface area contributed by atoms with Crippen LogP contribution in [0.3, 0.4) is 0 Å². The number of amides is 2. The van der Waals surface area contributed by atoms with Crippen LogP contribution >= 0.6 is 11.6 Å². The number of carbonyl (C=O) groups excluding carboxylic acids is 3. The lowest BCUT2D eigenvalue weighted by Crippen LogP contribution is -2.32. The number of hydrogen-bond acceptors (Lipinski definition) is 5. The number of imide groups is 1. The summed E-state index contributed by atoms with van der Waals surface area (Å²) in [6.07, 6.45) is 0. The molecule has 6 nitrogen and oxygen atoms in total. The van der Waals surface area contributed by atoms with Gasteiger partial charge in [0.2, 0.25) is 0 Å². The minimum Gasteiger partial charge on any atom is -0.423 e. The van der Waals surface area contributed by atoms with Gasteiger partial charge in [-0.2, -0.15) is 0 Å². The van der Waals surface area contributed by atoms with Crippen molar-refractivity contribution in [1.29, 1.82) is 0 Å². The molecule has 0 unspecified atom stereocenters. The van der Waals surface area contributed by atoms with E-state index < -0.39 is 17.8 Å². The molecule has 0 bridgehead atoms. The monoisotopic (exact) mass is 474 g/mol. The summed E-state index contributed by atoms with van der Waals surface area (Å²) < 4.78 is 5.47. The molecule has 0 spiro atoms. The summed E-state index contributed by atoms with van der Waals surface area (Å²) in [6.45, 7) is 7.63. The van der Waals surface area contributed by atoms with Crippen LogP contribution in [0, 0.1) is 27.7 Å². The van der Waals surface area contributed by atoms with Crippen LogP contribution < -0.4 is 15.0 Å². The summed E-state index contributed by atoms with van der Waals surface area (Å²) in [5, 5.41) is 2.72. The van der Waals surface area contributed by atoms with Crippen molar-refractivity contribution in [2.75, 3.05) is 10.2 Å². The van der Waals surface area contributed by atoms with Crippen LogP contribution in [0.15, 0.2) is 71.4 Å². The highest BCUT2D eigenvalue weighted by molar-refractivity contribution is 6.53. The number of nitrogens with zero attached hydrogens (tertiary/aromatic N) is 1. The minimum absolute atomic E-state index is 0.0165. The van der Waals surface area contributed by atoms with Crippen molar-refractivity contribution in [3.63, 3.8) is 0 Å². The van der Waals surface area contributed by atoms with Crippen LogP contribution in [0.5, 0.6) is 5.75 Å². The first kappa shape index (κ1) is 23.3. The van der Waals surface area contributed by atoms with Gasteiger partial charge >= 0.3 is 5.97 Å². The Morgan fingerprint density at radius 2 is 1.47 bits per heavy atom. The van der Waals surface area contributed by atoms with Gasteiger partial charge in [-0.25, -0.2) is 9.69 Å². The first-order chi connectivity index (χ1) is 16.1. The van der Waals surface area contributed by atoms with E-state index in [0.717, 1.165) is 27.2 Å². The van der Waals surface area contributed by atoms with Crippen LogP contribution in [-0.2, 0) is 9.59 Å². The lowest BCUT2D eigenvalue weighted by atomic mass is 10.1. The van der Waals surface area contributed by atoms with Gasteiger partial charge in [-0.3, -0.25) is 9.59 Å². The Hall–Kier alpha value is -3.90. The second-order valence-corrected chi connectivity index (χ2v) is 8.72. The molecule has 1 aliphatic heterocycles. The summed E-state index contributed by atoms with van der Waals surface area (Å²) in [4.78, 5) is 39.3. The number of anilines is 2. The highest BCUT2D eigenvalue weighted by atomic mass is 35.5. The molecule has 0 aliphatic carbocycles. The SMILES string of the molecule is Cc1cc(C)cc(OC(=O)c2ccc(NC3=C(Cl)C(=O)N(c4ccc(C)cc4C)C3=O)cc2)c1. The fraction of sp³-hybridized carbons (Fsp3) is 0.148. The molecule has 7 heteroatoms. The molecule has 3 aromatic carbocycles. The van der Waals surface area contributed by atoms with Gasteiger partial charge < -0.3 is 10.1 Å². The van der Waals surface area contributed by atoms with Gasteiger partial charge in [-0.1, -0.05) is 35.4 Å².